The van der Waals surface area contributed by atoms with Gasteiger partial charge in [-0.25, -0.2) is 4.39 Å². The van der Waals surface area contributed by atoms with Gasteiger partial charge in [-0.1, -0.05) is 32.0 Å². The number of rotatable bonds is 9. The predicted octanol–water partition coefficient (Wildman–Crippen LogP) is 7.09. The van der Waals surface area contributed by atoms with Gasteiger partial charge in [-0.05, 0) is 124 Å². The Kier molecular flexibility index (Phi) is 8.40. The highest BCUT2D eigenvalue weighted by molar-refractivity contribution is 5.85. The van der Waals surface area contributed by atoms with E-state index in [1.807, 2.05) is 12.1 Å². The molecule has 0 amide bonds. The molecule has 5 nitrogen and oxygen atoms in total. The summed E-state index contributed by atoms with van der Waals surface area (Å²) in [5.41, 5.74) is 2.21. The van der Waals surface area contributed by atoms with Crippen LogP contribution in [0.3, 0.4) is 0 Å². The Balaban J connectivity index is 1.25. The molecule has 0 spiro atoms. The number of hydrogen-bond donors (Lipinski definition) is 3. The minimum Gasteiger partial charge on any atom is -0.490 e. The molecule has 6 heteroatoms. The molecule has 4 unspecified atom stereocenters. The van der Waals surface area contributed by atoms with Gasteiger partial charge in [-0.15, -0.1) is 0 Å². The first kappa shape index (κ1) is 27.9. The molecular weight excluding hydrogens is 479 g/mol. The summed E-state index contributed by atoms with van der Waals surface area (Å²) in [5.74, 6) is 2.48. The highest BCUT2D eigenvalue weighted by Gasteiger charge is 2.61. The van der Waals surface area contributed by atoms with Gasteiger partial charge in [0.1, 0.15) is 0 Å². The molecule has 7 atom stereocenters. The molecule has 0 heterocycles. The molecule has 1 aromatic carbocycles. The number of benzene rings is 1. The van der Waals surface area contributed by atoms with Crippen LogP contribution in [-0.2, 0) is 6.54 Å². The monoisotopic (exact) mass is 528 g/mol. The molecule has 212 valence electrons. The normalized spacial score (nSPS) is 37.6. The van der Waals surface area contributed by atoms with Gasteiger partial charge < -0.3 is 20.4 Å². The van der Waals surface area contributed by atoms with Gasteiger partial charge in [0.25, 0.3) is 0 Å². The maximum absolute atomic E-state index is 14.7. The first-order valence-corrected chi connectivity index (χ1v) is 15.4. The SMILES string of the molecule is CCC(CC)NCc1ccc(F)c(OCC[C@]23CCC4C(CCC5C/C(=N\O)CC[C@@]54C)C2CC[C@@H]3O)c1. The van der Waals surface area contributed by atoms with E-state index in [1.54, 1.807) is 0 Å². The third-order valence-electron chi connectivity index (χ3n) is 11.7. The smallest absolute Gasteiger partial charge is 0.165 e. The van der Waals surface area contributed by atoms with Crippen LogP contribution in [0.1, 0.15) is 103 Å². The summed E-state index contributed by atoms with van der Waals surface area (Å²) in [6.07, 6.45) is 12.2. The van der Waals surface area contributed by atoms with Gasteiger partial charge in [0.05, 0.1) is 18.4 Å². The van der Waals surface area contributed by atoms with Crippen molar-refractivity contribution in [1.29, 1.82) is 0 Å². The van der Waals surface area contributed by atoms with Crippen molar-refractivity contribution < 1.29 is 19.4 Å². The van der Waals surface area contributed by atoms with Crippen molar-refractivity contribution in [1.82, 2.24) is 5.32 Å². The first-order valence-electron chi connectivity index (χ1n) is 15.4. The van der Waals surface area contributed by atoms with Gasteiger partial charge in [0.2, 0.25) is 0 Å². The van der Waals surface area contributed by atoms with E-state index in [0.717, 1.165) is 75.5 Å². The quantitative estimate of drug-likeness (QED) is 0.236. The van der Waals surface area contributed by atoms with Crippen LogP contribution in [0, 0.1) is 40.3 Å². The Bertz CT molecular complexity index is 997. The van der Waals surface area contributed by atoms with Gasteiger partial charge in [-0.2, -0.15) is 0 Å². The molecular formula is C32H49FN2O3. The van der Waals surface area contributed by atoms with E-state index in [9.17, 15) is 14.7 Å². The fourth-order valence-electron chi connectivity index (χ4n) is 9.37. The highest BCUT2D eigenvalue weighted by atomic mass is 19.1. The molecule has 0 saturated heterocycles. The van der Waals surface area contributed by atoms with Crippen molar-refractivity contribution in [2.75, 3.05) is 6.61 Å². The second-order valence-corrected chi connectivity index (χ2v) is 13.1. The number of aliphatic hydroxyl groups excluding tert-OH is 1. The van der Waals surface area contributed by atoms with Crippen LogP contribution in [0.2, 0.25) is 0 Å². The molecule has 0 bridgehead atoms. The summed E-state index contributed by atoms with van der Waals surface area (Å²) in [7, 11) is 0. The van der Waals surface area contributed by atoms with Crippen molar-refractivity contribution >= 4 is 5.71 Å². The van der Waals surface area contributed by atoms with Crippen LogP contribution in [0.4, 0.5) is 4.39 Å². The molecule has 4 aliphatic rings. The third-order valence-corrected chi connectivity index (χ3v) is 11.7. The van der Waals surface area contributed by atoms with Gasteiger partial charge in [0.15, 0.2) is 11.6 Å². The van der Waals surface area contributed by atoms with E-state index in [2.05, 4.69) is 31.2 Å². The highest BCUT2D eigenvalue weighted by Crippen LogP contribution is 2.66. The molecule has 4 saturated carbocycles. The van der Waals surface area contributed by atoms with Crippen molar-refractivity contribution in [2.45, 2.75) is 117 Å². The van der Waals surface area contributed by atoms with Crippen molar-refractivity contribution in [3.05, 3.63) is 29.6 Å². The number of nitrogens with one attached hydrogen (secondary N) is 1. The van der Waals surface area contributed by atoms with Gasteiger partial charge in [0, 0.05) is 18.0 Å². The van der Waals surface area contributed by atoms with Crippen molar-refractivity contribution in [3.63, 3.8) is 0 Å². The number of aliphatic hydroxyl groups is 1. The summed E-state index contributed by atoms with van der Waals surface area (Å²) in [4.78, 5) is 0. The number of halogens is 1. The van der Waals surface area contributed by atoms with Crippen LogP contribution in [0.15, 0.2) is 23.4 Å². The van der Waals surface area contributed by atoms with E-state index in [1.165, 1.54) is 18.9 Å². The molecule has 3 N–H and O–H groups in total. The Morgan fingerprint density at radius 2 is 1.92 bits per heavy atom. The van der Waals surface area contributed by atoms with E-state index in [4.69, 9.17) is 4.74 Å². The molecule has 0 aromatic heterocycles. The number of nitrogens with zero attached hydrogens (tertiary/aromatic N) is 1. The Labute approximate surface area is 228 Å². The summed E-state index contributed by atoms with van der Waals surface area (Å²) in [6, 6.07) is 5.67. The van der Waals surface area contributed by atoms with E-state index < -0.39 is 0 Å². The molecule has 1 aromatic rings. The lowest BCUT2D eigenvalue weighted by atomic mass is 9.44. The Morgan fingerprint density at radius 1 is 1.11 bits per heavy atom. The lowest BCUT2D eigenvalue weighted by molar-refractivity contribution is -0.124. The number of fused-ring (bicyclic) bond motifs is 5. The summed E-state index contributed by atoms with van der Waals surface area (Å²) < 4.78 is 20.8. The number of ether oxygens (including phenoxy) is 1. The predicted molar refractivity (Wildman–Crippen MR) is 149 cm³/mol. The number of hydrogen-bond acceptors (Lipinski definition) is 5. The first-order chi connectivity index (χ1) is 18.3. The lowest BCUT2D eigenvalue weighted by Crippen LogP contribution is -2.55. The summed E-state index contributed by atoms with van der Waals surface area (Å²) in [6.45, 7) is 8.02. The molecule has 0 aliphatic heterocycles. The average molecular weight is 529 g/mol. The third kappa shape index (κ3) is 5.00. The zero-order chi connectivity index (χ0) is 26.9. The largest absolute Gasteiger partial charge is 0.490 e. The minimum atomic E-state index is -0.310. The van der Waals surface area contributed by atoms with Crippen LogP contribution < -0.4 is 10.1 Å². The summed E-state index contributed by atoms with van der Waals surface area (Å²) in [5, 5.41) is 27.8. The fraction of sp³-hybridized carbons (Fsp3) is 0.781. The van der Waals surface area contributed by atoms with Gasteiger partial charge in [-0.3, -0.25) is 0 Å². The van der Waals surface area contributed by atoms with E-state index >= 15 is 0 Å². The standard InChI is InChI=1S/C32H49FN2O3/c1-4-23(5-2)34-20-21-6-10-28(33)29(18-21)38-17-16-32-15-13-26-25(27(32)9-11-30(32)36)8-7-22-19-24(35-37)12-14-31(22,26)3/h6,10,18,22-23,25-27,30,34,36-37H,4-5,7-9,11-17,19-20H2,1-3H3/b35-24-/t22?,25?,26?,27?,30-,31-,32+/m0/s1. The van der Waals surface area contributed by atoms with Crippen LogP contribution >= 0.6 is 0 Å². The molecule has 4 fully saturated rings. The lowest BCUT2D eigenvalue weighted by Gasteiger charge is -2.60. The molecule has 5 rings (SSSR count). The maximum atomic E-state index is 14.7. The van der Waals surface area contributed by atoms with Crippen LogP contribution in [0.5, 0.6) is 5.75 Å². The Hall–Kier alpha value is -1.66. The van der Waals surface area contributed by atoms with E-state index in [-0.39, 0.29) is 17.3 Å². The summed E-state index contributed by atoms with van der Waals surface area (Å²) >= 11 is 0. The minimum absolute atomic E-state index is 0.109. The average Bonchev–Trinajstić information content (AvgIpc) is 3.26. The number of oxime groups is 1. The van der Waals surface area contributed by atoms with Crippen molar-refractivity contribution in [2.24, 2.45) is 39.7 Å². The second-order valence-electron chi connectivity index (χ2n) is 13.1. The molecule has 0 radical (unpaired) electrons. The van der Waals surface area contributed by atoms with Crippen LogP contribution in [-0.4, -0.2) is 34.8 Å². The van der Waals surface area contributed by atoms with Gasteiger partial charge >= 0.3 is 0 Å². The van der Waals surface area contributed by atoms with Crippen molar-refractivity contribution in [3.8, 4) is 5.75 Å². The van der Waals surface area contributed by atoms with E-state index in [0.29, 0.717) is 54.0 Å². The zero-order valence-electron chi connectivity index (χ0n) is 23.7. The Morgan fingerprint density at radius 3 is 2.68 bits per heavy atom. The second kappa shape index (κ2) is 11.4. The fourth-order valence-corrected chi connectivity index (χ4v) is 9.37. The maximum Gasteiger partial charge on any atom is 0.165 e. The molecule has 38 heavy (non-hydrogen) atoms. The zero-order valence-corrected chi connectivity index (χ0v) is 23.7. The topological polar surface area (TPSA) is 74.1 Å². The molecule has 4 aliphatic carbocycles. The van der Waals surface area contributed by atoms with Crippen LogP contribution in [0.25, 0.3) is 0 Å².